The van der Waals surface area contributed by atoms with E-state index in [4.69, 9.17) is 0 Å². The summed E-state index contributed by atoms with van der Waals surface area (Å²) in [6.07, 6.45) is 6.79. The van der Waals surface area contributed by atoms with Crippen LogP contribution in [0.1, 0.15) is 66.2 Å². The highest BCUT2D eigenvalue weighted by molar-refractivity contribution is 7.90. The molecule has 6 aliphatic rings. The predicted molar refractivity (Wildman–Crippen MR) is 125 cm³/mol. The first-order chi connectivity index (χ1) is 15.6. The second kappa shape index (κ2) is 6.28. The molecule has 10 heteroatoms. The Morgan fingerprint density at radius 3 is 1.38 bits per heavy atom. The molecule has 34 heavy (non-hydrogen) atoms. The molecular formula is C24H34N2O6S2. The lowest BCUT2D eigenvalue weighted by Crippen LogP contribution is -2.44. The Kier molecular flexibility index (Phi) is 4.25. The van der Waals surface area contributed by atoms with Crippen molar-refractivity contribution < 1.29 is 26.4 Å². The van der Waals surface area contributed by atoms with E-state index in [9.17, 15) is 26.4 Å². The van der Waals surface area contributed by atoms with E-state index >= 15 is 0 Å². The van der Waals surface area contributed by atoms with Crippen molar-refractivity contribution in [1.29, 1.82) is 0 Å². The molecule has 4 saturated carbocycles. The highest BCUT2D eigenvalue weighted by atomic mass is 32.2. The summed E-state index contributed by atoms with van der Waals surface area (Å²) in [5.74, 6) is -0.801. The lowest BCUT2D eigenvalue weighted by atomic mass is 9.69. The van der Waals surface area contributed by atoms with Gasteiger partial charge in [0.2, 0.25) is 20.0 Å². The Bertz CT molecular complexity index is 1160. The van der Waals surface area contributed by atoms with E-state index in [-0.39, 0.29) is 34.4 Å². The van der Waals surface area contributed by atoms with Crippen molar-refractivity contribution in [1.82, 2.24) is 8.61 Å². The molecule has 6 fully saturated rings. The fourth-order valence-electron chi connectivity index (χ4n) is 9.45. The molecule has 0 unspecified atom stereocenters. The van der Waals surface area contributed by atoms with Crippen molar-refractivity contribution in [3.63, 3.8) is 0 Å². The number of sulfonamides is 2. The lowest BCUT2D eigenvalue weighted by Gasteiger charge is -2.37. The fraction of sp³-hybridized carbons (Fsp3) is 0.833. The van der Waals surface area contributed by atoms with Gasteiger partial charge < -0.3 is 0 Å². The minimum Gasteiger partial charge on any atom is -0.269 e. The Morgan fingerprint density at radius 1 is 0.706 bits per heavy atom. The maximum Gasteiger partial charge on any atom is 0.260 e. The highest BCUT2D eigenvalue weighted by Gasteiger charge is 2.73. The van der Waals surface area contributed by atoms with Crippen LogP contribution in [0.25, 0.3) is 0 Å². The van der Waals surface area contributed by atoms with Gasteiger partial charge in [-0.1, -0.05) is 27.7 Å². The van der Waals surface area contributed by atoms with Gasteiger partial charge in [-0.25, -0.2) is 25.4 Å². The normalized spacial score (nSPS) is 45.8. The average Bonchev–Trinajstić information content (AvgIpc) is 3.40. The quantitative estimate of drug-likeness (QED) is 0.527. The molecule has 0 aromatic carbocycles. The van der Waals surface area contributed by atoms with E-state index in [1.807, 2.05) is 0 Å². The summed E-state index contributed by atoms with van der Waals surface area (Å²) in [5.41, 5.74) is -1.20. The van der Waals surface area contributed by atoms with Crippen LogP contribution in [-0.4, -0.2) is 60.8 Å². The molecule has 188 valence electrons. The number of amides is 2. The zero-order valence-electron chi connectivity index (χ0n) is 20.3. The third-order valence-corrected chi connectivity index (χ3v) is 15.5. The van der Waals surface area contributed by atoms with E-state index < -0.39 is 42.7 Å². The molecule has 6 rings (SSSR count). The van der Waals surface area contributed by atoms with Crippen LogP contribution in [0.5, 0.6) is 0 Å². The van der Waals surface area contributed by atoms with Crippen molar-refractivity contribution in [3.8, 4) is 0 Å². The molecule has 0 aromatic heterocycles. The van der Waals surface area contributed by atoms with Gasteiger partial charge in [-0.05, 0) is 61.2 Å². The van der Waals surface area contributed by atoms with Crippen LogP contribution in [0.4, 0.5) is 0 Å². The minimum absolute atomic E-state index is 0.0384. The molecule has 6 atom stereocenters. The van der Waals surface area contributed by atoms with E-state index in [2.05, 4.69) is 27.7 Å². The predicted octanol–water partition coefficient (Wildman–Crippen LogP) is 2.28. The summed E-state index contributed by atoms with van der Waals surface area (Å²) < 4.78 is 54.3. The van der Waals surface area contributed by atoms with Crippen molar-refractivity contribution >= 4 is 31.9 Å². The van der Waals surface area contributed by atoms with E-state index in [0.29, 0.717) is 24.7 Å². The average molecular weight is 511 g/mol. The first kappa shape index (κ1) is 23.0. The van der Waals surface area contributed by atoms with Crippen LogP contribution in [0.2, 0.25) is 0 Å². The summed E-state index contributed by atoms with van der Waals surface area (Å²) in [5, 5.41) is 0. The zero-order valence-corrected chi connectivity index (χ0v) is 21.9. The molecule has 4 bridgehead atoms. The Labute approximate surface area is 202 Å². The number of fused-ring (bicyclic) bond motifs is 2. The standard InChI is InChI=1S/C24H34N2O6S2/c1-21(2)15-7-9-23(21)13-33(29,30)25(17(23)11-15)19(27)5-6-20(28)26-18-12-16-8-10-24(18,22(16,3)4)14-34(26,31)32/h5-6,15-18H,7-14H2,1-4H3/b6-5+/t15-,16-,17+,18+,23-,24-/m1/s1. The monoisotopic (exact) mass is 510 g/mol. The largest absolute Gasteiger partial charge is 0.269 e. The van der Waals surface area contributed by atoms with Crippen molar-refractivity contribution in [2.24, 2.45) is 33.5 Å². The minimum atomic E-state index is -3.80. The van der Waals surface area contributed by atoms with Gasteiger partial charge in [0.05, 0.1) is 23.6 Å². The van der Waals surface area contributed by atoms with E-state index in [1.54, 1.807) is 0 Å². The first-order valence-corrected chi connectivity index (χ1v) is 15.6. The van der Waals surface area contributed by atoms with E-state index in [0.717, 1.165) is 46.4 Å². The van der Waals surface area contributed by atoms with Gasteiger partial charge in [-0.3, -0.25) is 9.59 Å². The molecule has 0 N–H and O–H groups in total. The third-order valence-electron chi connectivity index (χ3n) is 11.6. The Hall–Kier alpha value is -1.42. The van der Waals surface area contributed by atoms with Gasteiger partial charge in [0.25, 0.3) is 11.8 Å². The van der Waals surface area contributed by atoms with Gasteiger partial charge in [-0.2, -0.15) is 0 Å². The first-order valence-electron chi connectivity index (χ1n) is 12.4. The second-order valence-corrected chi connectivity index (χ2v) is 16.5. The molecule has 2 heterocycles. The Balaban J connectivity index is 1.27. The van der Waals surface area contributed by atoms with Crippen LogP contribution >= 0.6 is 0 Å². The molecule has 2 saturated heterocycles. The number of carbonyl (C=O) groups is 2. The number of nitrogens with zero attached hydrogens (tertiary/aromatic N) is 2. The smallest absolute Gasteiger partial charge is 0.260 e. The summed E-state index contributed by atoms with van der Waals surface area (Å²) in [4.78, 5) is 26.3. The number of hydrogen-bond donors (Lipinski definition) is 0. The molecule has 2 aliphatic heterocycles. The maximum atomic E-state index is 13.2. The number of rotatable bonds is 2. The molecule has 0 aromatic rings. The molecule has 2 amide bonds. The summed E-state index contributed by atoms with van der Waals surface area (Å²) in [7, 11) is -7.60. The van der Waals surface area contributed by atoms with Gasteiger partial charge in [-0.15, -0.1) is 0 Å². The second-order valence-electron chi connectivity index (χ2n) is 12.8. The highest BCUT2D eigenvalue weighted by Crippen LogP contribution is 2.71. The van der Waals surface area contributed by atoms with Gasteiger partial charge >= 0.3 is 0 Å². The molecule has 4 aliphatic carbocycles. The van der Waals surface area contributed by atoms with Crippen molar-refractivity contribution in [3.05, 3.63) is 12.2 Å². The molecule has 2 spiro atoms. The zero-order chi connectivity index (χ0) is 24.7. The van der Waals surface area contributed by atoms with Gasteiger partial charge in [0.15, 0.2) is 0 Å². The van der Waals surface area contributed by atoms with Crippen LogP contribution in [0.3, 0.4) is 0 Å². The van der Waals surface area contributed by atoms with Crippen LogP contribution < -0.4 is 0 Å². The molecule has 8 nitrogen and oxygen atoms in total. The van der Waals surface area contributed by atoms with Crippen molar-refractivity contribution in [2.75, 3.05) is 11.5 Å². The number of carbonyl (C=O) groups excluding carboxylic acids is 2. The lowest BCUT2D eigenvalue weighted by molar-refractivity contribution is -0.126. The van der Waals surface area contributed by atoms with Crippen LogP contribution in [0.15, 0.2) is 12.2 Å². The molecule has 0 radical (unpaired) electrons. The van der Waals surface area contributed by atoms with E-state index in [1.165, 1.54) is 0 Å². The fourth-order valence-corrected chi connectivity index (χ4v) is 14.5. The van der Waals surface area contributed by atoms with Crippen molar-refractivity contribution in [2.45, 2.75) is 78.3 Å². The molecular weight excluding hydrogens is 476 g/mol. The maximum absolute atomic E-state index is 13.2. The van der Waals surface area contributed by atoms with Crippen LogP contribution in [-0.2, 0) is 29.6 Å². The topological polar surface area (TPSA) is 109 Å². The Morgan fingerprint density at radius 2 is 1.06 bits per heavy atom. The third kappa shape index (κ3) is 2.40. The van der Waals surface area contributed by atoms with Crippen LogP contribution in [0, 0.1) is 33.5 Å². The van der Waals surface area contributed by atoms with Gasteiger partial charge in [0.1, 0.15) is 0 Å². The summed E-state index contributed by atoms with van der Waals surface area (Å²) >= 11 is 0. The summed E-state index contributed by atoms with van der Waals surface area (Å²) in [6, 6.07) is -0.771. The number of hydrogen-bond acceptors (Lipinski definition) is 6. The van der Waals surface area contributed by atoms with Gasteiger partial charge in [0, 0.05) is 23.0 Å². The summed E-state index contributed by atoms with van der Waals surface area (Å²) in [6.45, 7) is 8.44. The SMILES string of the molecule is CC1(C)[C@@H]2CC[C@]13CS(=O)(=O)N(C(=O)/C=C/C(=O)N1[C@H]4C[C@H]5CC[C@]4(CS1(=O)=O)C5(C)C)[C@H]3C2.